The highest BCUT2D eigenvalue weighted by atomic mass is 16.5. The Kier molecular flexibility index (Phi) is 7.04. The largest absolute Gasteiger partial charge is 0.493 e. The van der Waals surface area contributed by atoms with E-state index in [0.29, 0.717) is 22.5 Å². The molecule has 29 heavy (non-hydrogen) atoms. The Hall–Kier alpha value is -3.11. The summed E-state index contributed by atoms with van der Waals surface area (Å²) in [5.74, 6) is 2.13. The lowest BCUT2D eigenvalue weighted by atomic mass is 10.1. The van der Waals surface area contributed by atoms with E-state index in [1.54, 1.807) is 21.3 Å². The van der Waals surface area contributed by atoms with Gasteiger partial charge in [-0.1, -0.05) is 6.07 Å². The van der Waals surface area contributed by atoms with Crippen LogP contribution in [0.5, 0.6) is 17.2 Å². The summed E-state index contributed by atoms with van der Waals surface area (Å²) in [7, 11) is 4.93. The summed E-state index contributed by atoms with van der Waals surface area (Å²) in [5, 5.41) is 10.1. The second-order valence-electron chi connectivity index (χ2n) is 6.38. The third-order valence-corrected chi connectivity index (χ3v) is 4.64. The average Bonchev–Trinajstić information content (AvgIpc) is 3.25. The molecular formula is C19H26N6O4. The third kappa shape index (κ3) is 4.84. The van der Waals surface area contributed by atoms with E-state index in [9.17, 15) is 4.79 Å². The van der Waals surface area contributed by atoms with Gasteiger partial charge >= 0.3 is 0 Å². The molecule has 0 atom stereocenters. The van der Waals surface area contributed by atoms with E-state index in [0.717, 1.165) is 44.0 Å². The van der Waals surface area contributed by atoms with Crippen molar-refractivity contribution in [2.45, 2.75) is 6.54 Å². The first-order valence-electron chi connectivity index (χ1n) is 9.25. The van der Waals surface area contributed by atoms with Gasteiger partial charge in [-0.15, -0.1) is 0 Å². The first kappa shape index (κ1) is 20.6. The molecule has 3 aromatic rings. The SMILES string of the molecule is COc1ccc(CN2CCNCC2)c(OC)c1OC.O=c1[nH]cnc2[nH]ncc12. The molecule has 1 fully saturated rings. The number of nitrogens with one attached hydrogen (secondary N) is 3. The Labute approximate surface area is 168 Å². The van der Waals surface area contributed by atoms with Crippen molar-refractivity contribution < 1.29 is 14.2 Å². The fourth-order valence-corrected chi connectivity index (χ4v) is 3.17. The molecule has 3 N–H and O–H groups in total. The molecule has 0 aliphatic carbocycles. The number of hydrogen-bond donors (Lipinski definition) is 3. The van der Waals surface area contributed by atoms with Crippen LogP contribution in [0.15, 0.2) is 29.5 Å². The van der Waals surface area contributed by atoms with Gasteiger partial charge in [-0.05, 0) is 6.07 Å². The number of hydrogen-bond acceptors (Lipinski definition) is 8. The van der Waals surface area contributed by atoms with Crippen molar-refractivity contribution in [3.63, 3.8) is 0 Å². The lowest BCUT2D eigenvalue weighted by Gasteiger charge is -2.28. The van der Waals surface area contributed by atoms with E-state index in [1.807, 2.05) is 12.1 Å². The van der Waals surface area contributed by atoms with Gasteiger partial charge in [0.25, 0.3) is 5.56 Å². The van der Waals surface area contributed by atoms with Crippen LogP contribution in [0.2, 0.25) is 0 Å². The highest BCUT2D eigenvalue weighted by Gasteiger charge is 2.18. The van der Waals surface area contributed by atoms with Gasteiger partial charge in [0.05, 0.1) is 33.9 Å². The molecular weight excluding hydrogens is 376 g/mol. The number of methoxy groups -OCH3 is 3. The van der Waals surface area contributed by atoms with Crippen molar-refractivity contribution in [2.24, 2.45) is 0 Å². The maximum atomic E-state index is 10.9. The van der Waals surface area contributed by atoms with E-state index >= 15 is 0 Å². The Bertz CT molecular complexity index is 980. The van der Waals surface area contributed by atoms with Crippen LogP contribution in [0.1, 0.15) is 5.56 Å². The van der Waals surface area contributed by atoms with Crippen molar-refractivity contribution in [2.75, 3.05) is 47.5 Å². The van der Waals surface area contributed by atoms with Gasteiger partial charge in [0, 0.05) is 38.3 Å². The van der Waals surface area contributed by atoms with Crippen LogP contribution < -0.4 is 25.1 Å². The molecule has 4 rings (SSSR count). The van der Waals surface area contributed by atoms with E-state index < -0.39 is 0 Å². The Morgan fingerprint density at radius 2 is 1.83 bits per heavy atom. The first-order chi connectivity index (χ1) is 14.2. The number of aromatic nitrogens is 4. The monoisotopic (exact) mass is 402 g/mol. The number of rotatable bonds is 5. The van der Waals surface area contributed by atoms with Crippen molar-refractivity contribution in [3.8, 4) is 17.2 Å². The van der Waals surface area contributed by atoms with Crippen molar-refractivity contribution in [3.05, 3.63) is 40.6 Å². The van der Waals surface area contributed by atoms with Gasteiger partial charge in [-0.25, -0.2) is 4.98 Å². The van der Waals surface area contributed by atoms with Crippen LogP contribution in [0.3, 0.4) is 0 Å². The molecule has 156 valence electrons. The molecule has 0 radical (unpaired) electrons. The fourth-order valence-electron chi connectivity index (χ4n) is 3.17. The molecule has 0 amide bonds. The van der Waals surface area contributed by atoms with Crippen LogP contribution in [0.4, 0.5) is 0 Å². The predicted molar refractivity (Wildman–Crippen MR) is 109 cm³/mol. The molecule has 1 aromatic carbocycles. The summed E-state index contributed by atoms with van der Waals surface area (Å²) < 4.78 is 16.2. The molecule has 1 aliphatic rings. The van der Waals surface area contributed by atoms with Gasteiger partial charge in [0.15, 0.2) is 17.1 Å². The van der Waals surface area contributed by atoms with Crippen LogP contribution >= 0.6 is 0 Å². The van der Waals surface area contributed by atoms with Gasteiger partial charge in [0.1, 0.15) is 5.39 Å². The fraction of sp³-hybridized carbons (Fsp3) is 0.421. The highest BCUT2D eigenvalue weighted by molar-refractivity contribution is 5.71. The smallest absolute Gasteiger partial charge is 0.261 e. The zero-order valence-corrected chi connectivity index (χ0v) is 16.8. The molecule has 0 bridgehead atoms. The van der Waals surface area contributed by atoms with E-state index in [2.05, 4.69) is 30.4 Å². The van der Waals surface area contributed by atoms with Gasteiger partial charge in [0.2, 0.25) is 5.75 Å². The molecule has 10 heteroatoms. The summed E-state index contributed by atoms with van der Waals surface area (Å²) in [4.78, 5) is 19.5. The van der Waals surface area contributed by atoms with Gasteiger partial charge in [-0.3, -0.25) is 14.8 Å². The third-order valence-electron chi connectivity index (χ3n) is 4.64. The van der Waals surface area contributed by atoms with E-state index in [1.165, 1.54) is 12.5 Å². The zero-order valence-electron chi connectivity index (χ0n) is 16.8. The minimum Gasteiger partial charge on any atom is -0.493 e. The van der Waals surface area contributed by atoms with E-state index in [4.69, 9.17) is 14.2 Å². The number of fused-ring (bicyclic) bond motifs is 1. The maximum Gasteiger partial charge on any atom is 0.261 e. The summed E-state index contributed by atoms with van der Waals surface area (Å²) in [6.07, 6.45) is 2.78. The zero-order chi connectivity index (χ0) is 20.6. The summed E-state index contributed by atoms with van der Waals surface area (Å²) in [6, 6.07) is 3.97. The Morgan fingerprint density at radius 3 is 2.48 bits per heavy atom. The van der Waals surface area contributed by atoms with Crippen molar-refractivity contribution >= 4 is 11.0 Å². The van der Waals surface area contributed by atoms with E-state index in [-0.39, 0.29) is 5.56 Å². The number of ether oxygens (including phenoxy) is 3. The number of benzene rings is 1. The normalized spacial score (nSPS) is 14.2. The molecule has 3 heterocycles. The standard InChI is InChI=1S/C14H22N2O3.C5H4N4O/c1-17-12-5-4-11(13(18-2)14(12)19-3)10-16-8-6-15-7-9-16;10-5-3-1-8-9-4(3)6-2-7-5/h4-5,15H,6-10H2,1-3H3;1-2H,(H2,6,7,8,9,10). The van der Waals surface area contributed by atoms with Gasteiger partial charge in [-0.2, -0.15) is 5.10 Å². The molecule has 0 spiro atoms. The quantitative estimate of drug-likeness (QED) is 0.573. The van der Waals surface area contributed by atoms with Crippen LogP contribution in [-0.2, 0) is 6.54 Å². The molecule has 0 saturated carbocycles. The van der Waals surface area contributed by atoms with Gasteiger partial charge < -0.3 is 24.5 Å². The second-order valence-corrected chi connectivity index (χ2v) is 6.38. The topological polar surface area (TPSA) is 117 Å². The minimum absolute atomic E-state index is 0.168. The molecule has 10 nitrogen and oxygen atoms in total. The van der Waals surface area contributed by atoms with Crippen LogP contribution in [-0.4, -0.2) is 72.6 Å². The predicted octanol–water partition coefficient (Wildman–Crippen LogP) is 0.764. The minimum atomic E-state index is -0.168. The first-order valence-corrected chi connectivity index (χ1v) is 9.25. The number of nitrogens with zero attached hydrogens (tertiary/aromatic N) is 3. The average molecular weight is 402 g/mol. The van der Waals surface area contributed by atoms with Crippen LogP contribution in [0.25, 0.3) is 11.0 Å². The Morgan fingerprint density at radius 1 is 1.07 bits per heavy atom. The summed E-state index contributed by atoms with van der Waals surface area (Å²) in [6.45, 7) is 5.05. The van der Waals surface area contributed by atoms with Crippen molar-refractivity contribution in [1.82, 2.24) is 30.4 Å². The second kappa shape index (κ2) is 9.89. The van der Waals surface area contributed by atoms with Crippen LogP contribution in [0, 0.1) is 0 Å². The lowest BCUT2D eigenvalue weighted by Crippen LogP contribution is -2.42. The summed E-state index contributed by atoms with van der Waals surface area (Å²) in [5.41, 5.74) is 1.48. The molecule has 0 unspecified atom stereocenters. The highest BCUT2D eigenvalue weighted by Crippen LogP contribution is 2.40. The summed E-state index contributed by atoms with van der Waals surface area (Å²) >= 11 is 0. The number of aromatic amines is 2. The molecule has 1 aliphatic heterocycles. The lowest BCUT2D eigenvalue weighted by molar-refractivity contribution is 0.228. The Balaban J connectivity index is 0.000000200. The maximum absolute atomic E-state index is 10.9. The van der Waals surface area contributed by atoms with Crippen molar-refractivity contribution in [1.29, 1.82) is 0 Å². The molecule has 1 saturated heterocycles. The number of H-pyrrole nitrogens is 2. The molecule has 2 aromatic heterocycles. The number of piperazine rings is 1.